The molecule has 0 atom stereocenters. The molecule has 6 nitrogen and oxygen atoms in total. The SMILES string of the molecule is COC(=O)C1=C(C(=O)OC)N(c2c(F)cccc2OC2CCCCC2)C=CC=C1. The molecule has 7 heteroatoms. The smallest absolute Gasteiger partial charge is 0.355 e. The second kappa shape index (κ2) is 9.41. The van der Waals surface area contributed by atoms with Gasteiger partial charge in [0.2, 0.25) is 0 Å². The molecule has 0 radical (unpaired) electrons. The first-order chi connectivity index (χ1) is 14.1. The molecule has 0 spiro atoms. The fourth-order valence-corrected chi connectivity index (χ4v) is 3.52. The van der Waals surface area contributed by atoms with Crippen molar-refractivity contribution < 1.29 is 28.2 Å². The average molecular weight is 401 g/mol. The number of carbonyl (C=O) groups is 2. The lowest BCUT2D eigenvalue weighted by Crippen LogP contribution is -2.29. The van der Waals surface area contributed by atoms with Crippen LogP contribution in [0.5, 0.6) is 5.75 Å². The van der Waals surface area contributed by atoms with Crippen LogP contribution in [0.2, 0.25) is 0 Å². The molecule has 1 aromatic carbocycles. The summed E-state index contributed by atoms with van der Waals surface area (Å²) in [5, 5.41) is 0. The van der Waals surface area contributed by atoms with Crippen molar-refractivity contribution in [3.8, 4) is 5.75 Å². The van der Waals surface area contributed by atoms with Crippen molar-refractivity contribution in [3.63, 3.8) is 0 Å². The number of esters is 2. The van der Waals surface area contributed by atoms with Gasteiger partial charge in [-0.2, -0.15) is 0 Å². The number of allylic oxidation sites excluding steroid dienone is 2. The van der Waals surface area contributed by atoms with E-state index in [0.717, 1.165) is 32.1 Å². The minimum atomic E-state index is -0.798. The molecule has 1 aliphatic heterocycles. The number of ether oxygens (including phenoxy) is 3. The minimum Gasteiger partial charge on any atom is -0.488 e. The van der Waals surface area contributed by atoms with Gasteiger partial charge < -0.3 is 19.1 Å². The average Bonchev–Trinajstić information content (AvgIpc) is 2.96. The molecule has 29 heavy (non-hydrogen) atoms. The van der Waals surface area contributed by atoms with Gasteiger partial charge >= 0.3 is 11.9 Å². The fourth-order valence-electron chi connectivity index (χ4n) is 3.52. The van der Waals surface area contributed by atoms with Crippen LogP contribution in [0.1, 0.15) is 32.1 Å². The molecule has 2 aliphatic rings. The maximum Gasteiger partial charge on any atom is 0.355 e. The number of nitrogens with zero attached hydrogens (tertiary/aromatic N) is 1. The van der Waals surface area contributed by atoms with Gasteiger partial charge in [0.25, 0.3) is 0 Å². The maximum absolute atomic E-state index is 15.0. The third kappa shape index (κ3) is 4.50. The minimum absolute atomic E-state index is 0.0241. The van der Waals surface area contributed by atoms with E-state index >= 15 is 4.39 Å². The Morgan fingerprint density at radius 2 is 1.76 bits per heavy atom. The summed E-state index contributed by atoms with van der Waals surface area (Å²) in [5.74, 6) is -1.82. The quantitative estimate of drug-likeness (QED) is 0.694. The second-order valence-corrected chi connectivity index (χ2v) is 6.78. The van der Waals surface area contributed by atoms with E-state index < -0.39 is 17.8 Å². The van der Waals surface area contributed by atoms with E-state index in [0.29, 0.717) is 5.75 Å². The van der Waals surface area contributed by atoms with Gasteiger partial charge in [-0.15, -0.1) is 0 Å². The molecule has 154 valence electrons. The van der Waals surface area contributed by atoms with E-state index in [1.807, 2.05) is 0 Å². The molecule has 1 saturated carbocycles. The Bertz CT molecular complexity index is 868. The first kappa shape index (κ1) is 20.6. The first-order valence-corrected chi connectivity index (χ1v) is 9.57. The van der Waals surface area contributed by atoms with Crippen LogP contribution >= 0.6 is 0 Å². The first-order valence-electron chi connectivity index (χ1n) is 9.57. The Balaban J connectivity index is 2.11. The zero-order chi connectivity index (χ0) is 20.8. The Morgan fingerprint density at radius 3 is 2.45 bits per heavy atom. The normalized spacial score (nSPS) is 17.1. The van der Waals surface area contributed by atoms with E-state index in [1.165, 1.54) is 37.5 Å². The van der Waals surface area contributed by atoms with Gasteiger partial charge in [0.05, 0.1) is 25.9 Å². The molecule has 0 unspecified atom stereocenters. The molecule has 1 aromatic rings. The second-order valence-electron chi connectivity index (χ2n) is 6.78. The molecular formula is C22H24FNO5. The van der Waals surface area contributed by atoms with Crippen molar-refractivity contribution in [2.75, 3.05) is 19.1 Å². The molecule has 0 saturated heterocycles. The van der Waals surface area contributed by atoms with E-state index in [9.17, 15) is 9.59 Å². The van der Waals surface area contributed by atoms with Crippen LogP contribution < -0.4 is 9.64 Å². The number of halogens is 1. The van der Waals surface area contributed by atoms with Crippen molar-refractivity contribution in [2.45, 2.75) is 38.2 Å². The Kier molecular flexibility index (Phi) is 6.69. The topological polar surface area (TPSA) is 65.1 Å². The van der Waals surface area contributed by atoms with Gasteiger partial charge in [-0.05, 0) is 50.0 Å². The van der Waals surface area contributed by atoms with Gasteiger partial charge in [-0.25, -0.2) is 14.0 Å². The molecular weight excluding hydrogens is 377 g/mol. The highest BCUT2D eigenvalue weighted by atomic mass is 19.1. The summed E-state index contributed by atoms with van der Waals surface area (Å²) >= 11 is 0. The highest BCUT2D eigenvalue weighted by molar-refractivity contribution is 6.05. The van der Waals surface area contributed by atoms with Gasteiger partial charge in [0.1, 0.15) is 17.1 Å². The van der Waals surface area contributed by atoms with Gasteiger partial charge in [-0.3, -0.25) is 0 Å². The van der Waals surface area contributed by atoms with Crippen molar-refractivity contribution in [2.24, 2.45) is 0 Å². The molecule has 0 aromatic heterocycles. The summed E-state index contributed by atoms with van der Waals surface area (Å²) in [5.41, 5.74) is -0.154. The van der Waals surface area contributed by atoms with Crippen molar-refractivity contribution >= 4 is 17.6 Å². The highest BCUT2D eigenvalue weighted by Crippen LogP contribution is 2.38. The zero-order valence-electron chi connectivity index (χ0n) is 16.5. The molecule has 0 N–H and O–H groups in total. The molecule has 1 fully saturated rings. The molecule has 0 amide bonds. The van der Waals surface area contributed by atoms with E-state index in [1.54, 1.807) is 24.3 Å². The molecule has 3 rings (SSSR count). The molecule has 1 aliphatic carbocycles. The largest absolute Gasteiger partial charge is 0.488 e. The number of hydrogen-bond donors (Lipinski definition) is 0. The summed E-state index contributed by atoms with van der Waals surface area (Å²) in [6.07, 6.45) is 11.1. The Morgan fingerprint density at radius 1 is 1.03 bits per heavy atom. The van der Waals surface area contributed by atoms with Crippen molar-refractivity contribution in [1.29, 1.82) is 0 Å². The highest BCUT2D eigenvalue weighted by Gasteiger charge is 2.31. The predicted molar refractivity (Wildman–Crippen MR) is 106 cm³/mol. The number of benzene rings is 1. The number of para-hydroxylation sites is 1. The summed E-state index contributed by atoms with van der Waals surface area (Å²) in [4.78, 5) is 26.2. The third-order valence-electron chi connectivity index (χ3n) is 4.93. The zero-order valence-corrected chi connectivity index (χ0v) is 16.5. The van der Waals surface area contributed by atoms with Crippen LogP contribution in [-0.2, 0) is 19.1 Å². The lowest BCUT2D eigenvalue weighted by Gasteiger charge is -2.28. The van der Waals surface area contributed by atoms with E-state index in [4.69, 9.17) is 14.2 Å². The number of anilines is 1. The van der Waals surface area contributed by atoms with E-state index in [-0.39, 0.29) is 23.1 Å². The van der Waals surface area contributed by atoms with Crippen molar-refractivity contribution in [3.05, 3.63) is 59.7 Å². The third-order valence-corrected chi connectivity index (χ3v) is 4.93. The van der Waals surface area contributed by atoms with Gasteiger partial charge in [-0.1, -0.05) is 18.6 Å². The van der Waals surface area contributed by atoms with Crippen molar-refractivity contribution in [1.82, 2.24) is 0 Å². The van der Waals surface area contributed by atoms with Crippen LogP contribution in [0.25, 0.3) is 0 Å². The number of rotatable bonds is 5. The summed E-state index contributed by atoms with van der Waals surface area (Å²) in [6.45, 7) is 0. The van der Waals surface area contributed by atoms with Crippen LogP contribution in [0, 0.1) is 5.82 Å². The Labute approximate surface area is 169 Å². The Hall–Kier alpha value is -3.09. The van der Waals surface area contributed by atoms with Crippen LogP contribution in [0.3, 0.4) is 0 Å². The van der Waals surface area contributed by atoms with Crippen LogP contribution in [0.4, 0.5) is 10.1 Å². The summed E-state index contributed by atoms with van der Waals surface area (Å²) in [7, 11) is 2.41. The monoisotopic (exact) mass is 401 g/mol. The van der Waals surface area contributed by atoms with Crippen LogP contribution in [-0.4, -0.2) is 32.3 Å². The predicted octanol–water partition coefficient (Wildman–Crippen LogP) is 4.03. The number of carbonyl (C=O) groups excluding carboxylic acids is 2. The molecule has 0 bridgehead atoms. The maximum atomic E-state index is 15.0. The lowest BCUT2D eigenvalue weighted by atomic mass is 9.98. The summed E-state index contributed by atoms with van der Waals surface area (Å²) in [6, 6.07) is 4.49. The lowest BCUT2D eigenvalue weighted by molar-refractivity contribution is -0.139. The van der Waals surface area contributed by atoms with E-state index in [2.05, 4.69) is 0 Å². The van der Waals surface area contributed by atoms with Crippen LogP contribution in [0.15, 0.2) is 53.9 Å². The molecule has 1 heterocycles. The fraction of sp³-hybridized carbons (Fsp3) is 0.364. The van der Waals surface area contributed by atoms with Gasteiger partial charge in [0, 0.05) is 6.20 Å². The summed E-state index contributed by atoms with van der Waals surface area (Å²) < 4.78 is 30.8. The standard InChI is InChI=1S/C22H24FNO5/c1-27-21(25)16-11-6-7-14-24(19(16)22(26)28-2)20-17(23)12-8-13-18(20)29-15-9-4-3-5-10-15/h6-8,11-15H,3-5,9-10H2,1-2H3. The number of methoxy groups -OCH3 is 2. The number of hydrogen-bond acceptors (Lipinski definition) is 6. The van der Waals surface area contributed by atoms with Gasteiger partial charge in [0.15, 0.2) is 5.82 Å².